The second-order valence-corrected chi connectivity index (χ2v) is 7.89. The Morgan fingerprint density at radius 2 is 1.80 bits per heavy atom. The highest BCUT2D eigenvalue weighted by Gasteiger charge is 2.14. The van der Waals surface area contributed by atoms with E-state index in [0.29, 0.717) is 29.5 Å². The number of nitrogens with one attached hydrogen (secondary N) is 2. The first-order chi connectivity index (χ1) is 15.9. The molecule has 0 unspecified atom stereocenters. The highest BCUT2D eigenvalue weighted by atomic mass is 35.5. The van der Waals surface area contributed by atoms with Crippen molar-refractivity contribution in [1.29, 1.82) is 0 Å². The number of aliphatic hydroxyl groups is 1. The summed E-state index contributed by atoms with van der Waals surface area (Å²) >= 11 is 5.94. The van der Waals surface area contributed by atoms with Gasteiger partial charge in [-0.15, -0.1) is 24.8 Å². The number of nitrogens with zero attached hydrogens (tertiary/aromatic N) is 1. The van der Waals surface area contributed by atoms with Crippen molar-refractivity contribution in [2.45, 2.75) is 32.9 Å². The summed E-state index contributed by atoms with van der Waals surface area (Å²) in [5.74, 6) is 0.320. The number of halogens is 3. The van der Waals surface area contributed by atoms with Crippen molar-refractivity contribution in [3.8, 4) is 5.75 Å². The summed E-state index contributed by atoms with van der Waals surface area (Å²) in [4.78, 5) is 14.5. The van der Waals surface area contributed by atoms with Crippen molar-refractivity contribution in [3.05, 3.63) is 77.3 Å². The van der Waals surface area contributed by atoms with Crippen molar-refractivity contribution in [1.82, 2.24) is 15.5 Å². The van der Waals surface area contributed by atoms with Gasteiger partial charge in [-0.05, 0) is 50.8 Å². The molecule has 2 rings (SSSR count). The lowest BCUT2D eigenvalue weighted by atomic mass is 10.0. The highest BCUT2D eigenvalue weighted by Crippen LogP contribution is 2.23. The molecule has 198 valence electrons. The maximum absolute atomic E-state index is 12.2. The lowest BCUT2D eigenvalue weighted by molar-refractivity contribution is 0.0945. The molecular weight excluding hydrogens is 509 g/mol. The third-order valence-electron chi connectivity index (χ3n) is 5.22. The zero-order valence-corrected chi connectivity index (χ0v) is 23.4. The normalized spacial score (nSPS) is 11.6. The standard InChI is InChI=1S/C16H23ClN2O2.C10H15NO.2ClH/c1-4-11-21-15-12-13(17)7-8-14(15)16(20)18-9-10-19(5-2)6-3;1-8(11-2)10(12)9-6-4-3-5-7-9;;/h4,7-8,12H,1,5-6,9-11H2,2-3H3,(H,18,20);3-8,10-12H,1-2H3;2*1H/t;8-,10-;;/m.0../s1. The number of amides is 1. The predicted octanol–water partition coefficient (Wildman–Crippen LogP) is 5.15. The fourth-order valence-electron chi connectivity index (χ4n) is 3.01. The molecule has 0 saturated carbocycles. The van der Waals surface area contributed by atoms with E-state index in [-0.39, 0.29) is 36.8 Å². The predicted molar refractivity (Wildman–Crippen MR) is 152 cm³/mol. The molecule has 35 heavy (non-hydrogen) atoms. The molecule has 0 radical (unpaired) electrons. The lowest BCUT2D eigenvalue weighted by Crippen LogP contribution is -2.34. The molecule has 1 amide bonds. The lowest BCUT2D eigenvalue weighted by Gasteiger charge is -2.18. The van der Waals surface area contributed by atoms with E-state index in [0.717, 1.165) is 25.2 Å². The molecule has 6 nitrogen and oxygen atoms in total. The average Bonchev–Trinajstić information content (AvgIpc) is 2.85. The summed E-state index contributed by atoms with van der Waals surface area (Å²) in [6.45, 7) is 13.5. The topological polar surface area (TPSA) is 73.8 Å². The van der Waals surface area contributed by atoms with Crippen LogP contribution in [0.25, 0.3) is 0 Å². The number of hydrogen-bond donors (Lipinski definition) is 3. The van der Waals surface area contributed by atoms with Gasteiger partial charge in [-0.1, -0.05) is 68.4 Å². The molecule has 2 aromatic rings. The molecule has 0 aliphatic rings. The van der Waals surface area contributed by atoms with Gasteiger partial charge in [0, 0.05) is 24.2 Å². The maximum atomic E-state index is 12.2. The van der Waals surface area contributed by atoms with E-state index in [4.69, 9.17) is 16.3 Å². The number of benzene rings is 2. The minimum absolute atomic E-state index is 0. The number of carbonyl (C=O) groups is 1. The van der Waals surface area contributed by atoms with Gasteiger partial charge < -0.3 is 25.4 Å². The van der Waals surface area contributed by atoms with E-state index in [1.165, 1.54) is 0 Å². The average molecular weight is 549 g/mol. The Hall–Kier alpha value is -1.80. The zero-order valence-electron chi connectivity index (χ0n) is 21.0. The van der Waals surface area contributed by atoms with Gasteiger partial charge >= 0.3 is 0 Å². The van der Waals surface area contributed by atoms with Crippen LogP contribution in [-0.2, 0) is 0 Å². The number of hydrogen-bond acceptors (Lipinski definition) is 5. The van der Waals surface area contributed by atoms with Crippen LogP contribution in [0.1, 0.15) is 42.8 Å². The highest BCUT2D eigenvalue weighted by molar-refractivity contribution is 6.30. The minimum atomic E-state index is -0.420. The fourth-order valence-corrected chi connectivity index (χ4v) is 3.17. The molecule has 0 spiro atoms. The first-order valence-corrected chi connectivity index (χ1v) is 11.7. The van der Waals surface area contributed by atoms with Gasteiger partial charge in [0.25, 0.3) is 5.91 Å². The molecule has 0 bridgehead atoms. The Morgan fingerprint density at radius 1 is 1.17 bits per heavy atom. The Morgan fingerprint density at radius 3 is 2.34 bits per heavy atom. The zero-order chi connectivity index (χ0) is 24.6. The summed E-state index contributed by atoms with van der Waals surface area (Å²) in [7, 11) is 1.84. The Kier molecular flexibility index (Phi) is 20.6. The maximum Gasteiger partial charge on any atom is 0.255 e. The van der Waals surface area contributed by atoms with Gasteiger partial charge in [0.05, 0.1) is 11.7 Å². The smallest absolute Gasteiger partial charge is 0.255 e. The molecule has 0 heterocycles. The van der Waals surface area contributed by atoms with E-state index >= 15 is 0 Å². The quantitative estimate of drug-likeness (QED) is 0.320. The number of ether oxygens (including phenoxy) is 1. The molecule has 2 aromatic carbocycles. The van der Waals surface area contributed by atoms with E-state index < -0.39 is 6.10 Å². The SMILES string of the molecule is C=CCOc1cc(Cl)ccc1C(=O)NCCN(CC)CC.CN[C@@H](C)[C@H](O)c1ccccc1.Cl.Cl. The molecule has 0 aromatic heterocycles. The van der Waals surface area contributed by atoms with Gasteiger partial charge in [-0.2, -0.15) is 0 Å². The van der Waals surface area contributed by atoms with Crippen molar-refractivity contribution in [3.63, 3.8) is 0 Å². The molecule has 0 fully saturated rings. The van der Waals surface area contributed by atoms with Crippen LogP contribution < -0.4 is 15.4 Å². The molecule has 9 heteroatoms. The van der Waals surface area contributed by atoms with Crippen LogP contribution in [0.2, 0.25) is 5.02 Å². The largest absolute Gasteiger partial charge is 0.489 e. The number of carbonyl (C=O) groups excluding carboxylic acids is 1. The monoisotopic (exact) mass is 547 g/mol. The summed E-state index contributed by atoms with van der Waals surface area (Å²) in [5.41, 5.74) is 1.44. The van der Waals surface area contributed by atoms with Crippen LogP contribution in [0.5, 0.6) is 5.75 Å². The van der Waals surface area contributed by atoms with Crippen LogP contribution in [-0.4, -0.2) is 61.8 Å². The molecular formula is C26H40Cl3N3O3. The molecule has 0 aliphatic heterocycles. The van der Waals surface area contributed by atoms with Crippen molar-refractivity contribution < 1.29 is 14.6 Å². The van der Waals surface area contributed by atoms with E-state index in [1.807, 2.05) is 44.3 Å². The third kappa shape index (κ3) is 13.2. The van der Waals surface area contributed by atoms with Crippen LogP contribution >= 0.6 is 36.4 Å². The van der Waals surface area contributed by atoms with Gasteiger partial charge in [0.2, 0.25) is 0 Å². The van der Waals surface area contributed by atoms with Gasteiger partial charge in [0.15, 0.2) is 0 Å². The van der Waals surface area contributed by atoms with Crippen LogP contribution in [0.15, 0.2) is 61.2 Å². The second-order valence-electron chi connectivity index (χ2n) is 7.46. The van der Waals surface area contributed by atoms with Gasteiger partial charge in [0.1, 0.15) is 12.4 Å². The third-order valence-corrected chi connectivity index (χ3v) is 5.46. The van der Waals surface area contributed by atoms with Gasteiger partial charge in [-0.25, -0.2) is 0 Å². The summed E-state index contributed by atoms with van der Waals surface area (Å²) < 4.78 is 5.48. The van der Waals surface area contributed by atoms with Crippen LogP contribution in [0.3, 0.4) is 0 Å². The molecule has 3 N–H and O–H groups in total. The summed E-state index contributed by atoms with van der Waals surface area (Å²) in [6.07, 6.45) is 1.21. The second kappa shape index (κ2) is 20.4. The molecule has 0 aliphatic carbocycles. The van der Waals surface area contributed by atoms with Gasteiger partial charge in [-0.3, -0.25) is 4.79 Å². The summed E-state index contributed by atoms with van der Waals surface area (Å²) in [5, 5.41) is 16.2. The summed E-state index contributed by atoms with van der Waals surface area (Å²) in [6, 6.07) is 14.8. The van der Waals surface area contributed by atoms with Crippen LogP contribution in [0, 0.1) is 0 Å². The Bertz CT molecular complexity index is 837. The van der Waals surface area contributed by atoms with E-state index in [2.05, 4.69) is 36.0 Å². The fraction of sp³-hybridized carbons (Fsp3) is 0.423. The van der Waals surface area contributed by atoms with Crippen LogP contribution in [0.4, 0.5) is 0 Å². The van der Waals surface area contributed by atoms with Crippen molar-refractivity contribution in [2.75, 3.05) is 39.8 Å². The Labute approximate surface area is 227 Å². The van der Waals surface area contributed by atoms with E-state index in [9.17, 15) is 9.90 Å². The van der Waals surface area contributed by atoms with Crippen molar-refractivity contribution in [2.24, 2.45) is 0 Å². The number of likely N-dealkylation sites (N-methyl/N-ethyl adjacent to an activating group) is 2. The number of rotatable bonds is 12. The molecule has 2 atom stereocenters. The minimum Gasteiger partial charge on any atom is -0.489 e. The van der Waals surface area contributed by atoms with Crippen molar-refractivity contribution >= 4 is 42.3 Å². The number of aliphatic hydroxyl groups excluding tert-OH is 1. The Balaban J connectivity index is 0. The van der Waals surface area contributed by atoms with E-state index in [1.54, 1.807) is 24.3 Å². The first kappa shape index (κ1) is 35.4. The first-order valence-electron chi connectivity index (χ1n) is 11.3. The molecule has 0 saturated heterocycles.